The molecular formula is C25H20N6O16S5. The van der Waals surface area contributed by atoms with Gasteiger partial charge in [0.25, 0.3) is 40.5 Å². The Balaban J connectivity index is 2.08. The summed E-state index contributed by atoms with van der Waals surface area (Å²) >= 11 is 0. The maximum absolute atomic E-state index is 12.4. The number of nitrogens with two attached hydrogens (primary N) is 1. The van der Waals surface area contributed by atoms with Crippen molar-refractivity contribution in [2.24, 2.45) is 20.5 Å². The standard InChI is InChI=1S/C25H20N6O16S5/c1-2-48(34,35)14-4-5-15(18(10-14)50(39,40)41)28-30-23-19(51(42,43)44)7-12-8-20(52(45,46)47)24(25(33)21(12)22(23)26)31-29-16-9-13(27-11-32)3-6-17(16)49(36,37)38/h2-11,33H,1,26H2,(H,27,32)(H,36,37,38)(H,39,40,41)(H,42,43,44)(H,45,46,47). The summed E-state index contributed by atoms with van der Waals surface area (Å²) in [5.74, 6) is -1.31. The van der Waals surface area contributed by atoms with Gasteiger partial charge in [-0.15, -0.1) is 20.5 Å². The highest BCUT2D eigenvalue weighted by molar-refractivity contribution is 7.94. The number of hydrogen-bond donors (Lipinski definition) is 7. The number of phenolic OH excluding ortho intramolecular Hbond substituents is 1. The Morgan fingerprint density at radius 1 is 0.635 bits per heavy atom. The molecule has 0 saturated heterocycles. The molecule has 0 fully saturated rings. The monoisotopic (exact) mass is 820 g/mol. The molecule has 27 heteroatoms. The molecule has 4 aromatic rings. The predicted octanol–water partition coefficient (Wildman–Crippen LogP) is 3.43. The van der Waals surface area contributed by atoms with Gasteiger partial charge in [-0.2, -0.15) is 33.7 Å². The highest BCUT2D eigenvalue weighted by Crippen LogP contribution is 2.48. The van der Waals surface area contributed by atoms with Crippen LogP contribution in [0.3, 0.4) is 0 Å². The van der Waals surface area contributed by atoms with Gasteiger partial charge in [-0.1, -0.05) is 6.58 Å². The molecule has 22 nitrogen and oxygen atoms in total. The van der Waals surface area contributed by atoms with Crippen molar-refractivity contribution in [1.29, 1.82) is 0 Å². The summed E-state index contributed by atoms with van der Waals surface area (Å²) in [7, 11) is -25.4. The summed E-state index contributed by atoms with van der Waals surface area (Å²) in [6.45, 7) is 3.08. The first-order valence-electron chi connectivity index (χ1n) is 13.0. The second kappa shape index (κ2) is 13.7. The summed E-state index contributed by atoms with van der Waals surface area (Å²) in [4.78, 5) is 5.57. The second-order valence-electron chi connectivity index (χ2n) is 9.89. The molecule has 0 heterocycles. The minimum Gasteiger partial charge on any atom is -0.505 e. The van der Waals surface area contributed by atoms with Gasteiger partial charge in [0.15, 0.2) is 15.6 Å². The van der Waals surface area contributed by atoms with Crippen molar-refractivity contribution in [2.45, 2.75) is 24.5 Å². The van der Waals surface area contributed by atoms with Crippen LogP contribution < -0.4 is 11.1 Å². The van der Waals surface area contributed by atoms with Crippen LogP contribution in [0.1, 0.15) is 0 Å². The fraction of sp³-hybridized carbons (Fsp3) is 0. The van der Waals surface area contributed by atoms with Crippen molar-refractivity contribution in [3.8, 4) is 5.75 Å². The number of carbonyl (C=O) groups is 1. The van der Waals surface area contributed by atoms with Crippen molar-refractivity contribution < 1.29 is 70.2 Å². The van der Waals surface area contributed by atoms with Gasteiger partial charge in [0.1, 0.15) is 42.3 Å². The third-order valence-corrected chi connectivity index (χ3v) is 11.5. The van der Waals surface area contributed by atoms with Crippen LogP contribution in [-0.4, -0.2) is 71.8 Å². The minimum atomic E-state index is -5.42. The van der Waals surface area contributed by atoms with E-state index in [1.165, 1.54) is 0 Å². The molecule has 0 atom stereocenters. The van der Waals surface area contributed by atoms with Crippen LogP contribution in [0.5, 0.6) is 5.75 Å². The van der Waals surface area contributed by atoms with Crippen molar-refractivity contribution in [2.75, 3.05) is 11.1 Å². The first kappa shape index (κ1) is 39.5. The lowest BCUT2D eigenvalue weighted by molar-refractivity contribution is -0.105. The Labute approximate surface area is 293 Å². The summed E-state index contributed by atoms with van der Waals surface area (Å²) in [5, 5.41) is 26.5. The number of carbonyl (C=O) groups excluding carboxylic acids is 1. The number of nitrogens with zero attached hydrogens (tertiary/aromatic N) is 4. The molecule has 0 saturated carbocycles. The molecule has 0 aliphatic rings. The summed E-state index contributed by atoms with van der Waals surface area (Å²) in [5.41, 5.74) is 1.24. The number of amides is 1. The van der Waals surface area contributed by atoms with Crippen molar-refractivity contribution in [3.63, 3.8) is 0 Å². The fourth-order valence-corrected chi connectivity index (χ4v) is 7.73. The number of azo groups is 2. The van der Waals surface area contributed by atoms with E-state index in [1.807, 2.05) is 0 Å². The van der Waals surface area contributed by atoms with E-state index in [4.69, 9.17) is 5.73 Å². The van der Waals surface area contributed by atoms with Gasteiger partial charge in [-0.3, -0.25) is 23.0 Å². The van der Waals surface area contributed by atoms with Crippen molar-refractivity contribution in [1.82, 2.24) is 0 Å². The van der Waals surface area contributed by atoms with E-state index >= 15 is 0 Å². The van der Waals surface area contributed by atoms with Gasteiger partial charge in [0, 0.05) is 11.1 Å². The molecule has 1 amide bonds. The Hall–Kier alpha value is -5.26. The van der Waals surface area contributed by atoms with Crippen LogP contribution in [0.15, 0.2) is 105 Å². The van der Waals surface area contributed by atoms with Crippen LogP contribution in [0.2, 0.25) is 0 Å². The summed E-state index contributed by atoms with van der Waals surface area (Å²) in [6.07, 6.45) is 0.180. The molecule has 0 aromatic heterocycles. The molecule has 0 aliphatic heterocycles. The quantitative estimate of drug-likeness (QED) is 0.0465. The van der Waals surface area contributed by atoms with Crippen LogP contribution in [0.25, 0.3) is 10.8 Å². The predicted molar refractivity (Wildman–Crippen MR) is 178 cm³/mol. The minimum absolute atomic E-state index is 0.111. The average Bonchev–Trinajstić information content (AvgIpc) is 3.01. The summed E-state index contributed by atoms with van der Waals surface area (Å²) < 4.78 is 161. The molecule has 0 aliphatic carbocycles. The average molecular weight is 821 g/mol. The van der Waals surface area contributed by atoms with E-state index in [2.05, 4.69) is 32.4 Å². The van der Waals surface area contributed by atoms with Crippen LogP contribution in [-0.2, 0) is 55.1 Å². The number of fused-ring (bicyclic) bond motifs is 1. The number of sulfone groups is 1. The highest BCUT2D eigenvalue weighted by atomic mass is 32.2. The van der Waals surface area contributed by atoms with Crippen molar-refractivity contribution in [3.05, 3.63) is 60.5 Å². The van der Waals surface area contributed by atoms with E-state index < -0.39 is 120 Å². The topological polar surface area (TPSA) is 376 Å². The number of aromatic hydroxyl groups is 1. The number of hydrogen-bond acceptors (Lipinski definition) is 17. The number of benzene rings is 4. The number of rotatable bonds is 12. The second-order valence-corrected chi connectivity index (χ2v) is 17.3. The molecule has 0 bridgehead atoms. The Bertz CT molecular complexity index is 2840. The van der Waals surface area contributed by atoms with Crippen LogP contribution in [0, 0.1) is 0 Å². The largest absolute Gasteiger partial charge is 0.505 e. The van der Waals surface area contributed by atoms with E-state index in [9.17, 15) is 70.2 Å². The van der Waals surface area contributed by atoms with E-state index in [0.717, 1.165) is 30.3 Å². The number of nitrogens with one attached hydrogen (secondary N) is 1. The molecule has 52 heavy (non-hydrogen) atoms. The zero-order chi connectivity index (χ0) is 39.2. The van der Waals surface area contributed by atoms with Gasteiger partial charge < -0.3 is 16.2 Å². The third-order valence-electron chi connectivity index (χ3n) is 6.61. The fourth-order valence-electron chi connectivity index (χ4n) is 4.34. The van der Waals surface area contributed by atoms with E-state index in [1.54, 1.807) is 0 Å². The third kappa shape index (κ3) is 8.11. The first-order valence-corrected chi connectivity index (χ1v) is 20.3. The smallest absolute Gasteiger partial charge is 0.296 e. The van der Waals surface area contributed by atoms with Gasteiger partial charge in [0.05, 0.1) is 16.0 Å². The molecule has 276 valence electrons. The maximum atomic E-state index is 12.4. The SMILES string of the molecule is C=CS(=O)(=O)c1ccc(N=Nc2c(S(=O)(=O)O)cc3cc(S(=O)(=O)O)c(N=Nc4cc(NC=O)ccc4S(=O)(=O)O)c(O)c3c2N)c(S(=O)(=O)O)c1. The zero-order valence-electron chi connectivity index (χ0n) is 25.1. The lowest BCUT2D eigenvalue weighted by Gasteiger charge is -2.14. The van der Waals surface area contributed by atoms with Gasteiger partial charge in [-0.25, -0.2) is 8.42 Å². The van der Waals surface area contributed by atoms with E-state index in [-0.39, 0.29) is 12.1 Å². The number of anilines is 2. The lowest BCUT2D eigenvalue weighted by atomic mass is 10.1. The van der Waals surface area contributed by atoms with Crippen LogP contribution in [0.4, 0.5) is 34.1 Å². The molecular weight excluding hydrogens is 801 g/mol. The number of nitrogen functional groups attached to an aromatic ring is 1. The summed E-state index contributed by atoms with van der Waals surface area (Å²) in [6, 6.07) is 5.61. The van der Waals surface area contributed by atoms with E-state index in [0.29, 0.717) is 23.6 Å². The molecule has 0 unspecified atom stereocenters. The van der Waals surface area contributed by atoms with Crippen LogP contribution >= 0.6 is 0 Å². The normalized spacial score (nSPS) is 13.2. The number of phenols is 1. The Kier molecular flexibility index (Phi) is 10.4. The molecule has 0 radical (unpaired) electrons. The Morgan fingerprint density at radius 2 is 1.15 bits per heavy atom. The van der Waals surface area contributed by atoms with Gasteiger partial charge in [-0.05, 0) is 53.9 Å². The highest BCUT2D eigenvalue weighted by Gasteiger charge is 2.29. The maximum Gasteiger partial charge on any atom is 0.296 e. The van der Waals surface area contributed by atoms with Crippen molar-refractivity contribution >= 4 is 102 Å². The zero-order valence-corrected chi connectivity index (χ0v) is 29.2. The molecule has 4 rings (SSSR count). The lowest BCUT2D eigenvalue weighted by Crippen LogP contribution is -2.04. The molecule has 0 spiro atoms. The van der Waals surface area contributed by atoms with Gasteiger partial charge >= 0.3 is 0 Å². The molecule has 4 aromatic carbocycles. The first-order chi connectivity index (χ1) is 23.8. The van der Waals surface area contributed by atoms with Gasteiger partial charge in [0.2, 0.25) is 6.41 Å². The molecule has 8 N–H and O–H groups in total. The Morgan fingerprint density at radius 3 is 1.67 bits per heavy atom.